The number of hydrogen-bond donors (Lipinski definition) is 1. The number of thiophene rings is 1. The summed E-state index contributed by atoms with van der Waals surface area (Å²) in [4.78, 5) is 8.69. The fraction of sp³-hybridized carbons (Fsp3) is 0.250. The van der Waals surface area contributed by atoms with Crippen molar-refractivity contribution in [2.24, 2.45) is 0 Å². The molecular weight excluding hydrogens is 282 g/mol. The first-order valence-electron chi connectivity index (χ1n) is 6.82. The molecule has 0 aliphatic rings. The molecule has 1 atom stereocenters. The summed E-state index contributed by atoms with van der Waals surface area (Å²) in [5.41, 5.74) is 3.40. The second-order valence-electron chi connectivity index (χ2n) is 4.88. The molecule has 0 radical (unpaired) electrons. The zero-order chi connectivity index (χ0) is 14.7. The third-order valence-electron chi connectivity index (χ3n) is 3.44. The third-order valence-corrected chi connectivity index (χ3v) is 4.30. The number of nitrogens with zero attached hydrogens (tertiary/aromatic N) is 2. The van der Waals surface area contributed by atoms with E-state index in [1.807, 2.05) is 30.6 Å². The monoisotopic (exact) mass is 299 g/mol. The van der Waals surface area contributed by atoms with Crippen LogP contribution in [0.2, 0.25) is 0 Å². The first kappa shape index (κ1) is 14.0. The molecule has 0 aliphatic carbocycles. The molecule has 3 aromatic heterocycles. The van der Waals surface area contributed by atoms with Crippen molar-refractivity contribution in [2.75, 3.05) is 7.11 Å². The van der Waals surface area contributed by atoms with Gasteiger partial charge < -0.3 is 10.1 Å². The normalized spacial score (nSPS) is 12.5. The molecule has 108 valence electrons. The second kappa shape index (κ2) is 6.20. The average molecular weight is 299 g/mol. The van der Waals surface area contributed by atoms with Gasteiger partial charge in [0.25, 0.3) is 0 Å². The van der Waals surface area contributed by atoms with Crippen molar-refractivity contribution < 1.29 is 4.74 Å². The van der Waals surface area contributed by atoms with E-state index < -0.39 is 0 Å². The molecule has 0 fully saturated rings. The Labute approximate surface area is 127 Å². The van der Waals surface area contributed by atoms with Crippen molar-refractivity contribution in [3.8, 4) is 5.88 Å². The molecule has 0 saturated heterocycles. The molecule has 5 heteroatoms. The minimum atomic E-state index is 0.242. The van der Waals surface area contributed by atoms with Gasteiger partial charge in [-0.25, -0.2) is 4.98 Å². The lowest BCUT2D eigenvalue weighted by Gasteiger charge is -2.14. The summed E-state index contributed by atoms with van der Waals surface area (Å²) >= 11 is 1.72. The maximum Gasteiger partial charge on any atom is 0.212 e. The number of pyridine rings is 2. The molecule has 3 aromatic rings. The first-order chi connectivity index (χ1) is 10.3. The van der Waals surface area contributed by atoms with Crippen LogP contribution < -0.4 is 10.1 Å². The third kappa shape index (κ3) is 3.20. The standard InChI is InChI=1S/C16H17N3OS/c1-11(13-7-15-14(18-10-13)5-6-21-15)17-8-12-3-4-16(20-2)19-9-12/h3-7,9-11,17H,8H2,1-2H3. The second-order valence-corrected chi connectivity index (χ2v) is 5.83. The Hall–Kier alpha value is -1.98. The predicted octanol–water partition coefficient (Wildman–Crippen LogP) is 3.55. The van der Waals surface area contributed by atoms with E-state index in [1.54, 1.807) is 18.4 Å². The van der Waals surface area contributed by atoms with E-state index >= 15 is 0 Å². The predicted molar refractivity (Wildman–Crippen MR) is 85.7 cm³/mol. The van der Waals surface area contributed by atoms with Gasteiger partial charge in [-0.2, -0.15) is 0 Å². The Kier molecular flexibility index (Phi) is 4.13. The van der Waals surface area contributed by atoms with Crippen molar-refractivity contribution >= 4 is 21.6 Å². The van der Waals surface area contributed by atoms with Crippen molar-refractivity contribution in [3.05, 3.63) is 53.2 Å². The molecular formula is C16H17N3OS. The summed E-state index contributed by atoms with van der Waals surface area (Å²) < 4.78 is 6.29. The van der Waals surface area contributed by atoms with Crippen LogP contribution in [0.25, 0.3) is 10.2 Å². The van der Waals surface area contributed by atoms with Crippen LogP contribution in [0.15, 0.2) is 42.0 Å². The molecule has 3 rings (SSSR count). The van der Waals surface area contributed by atoms with Gasteiger partial charge in [-0.05, 0) is 35.6 Å². The van der Waals surface area contributed by atoms with Crippen molar-refractivity contribution in [2.45, 2.75) is 19.5 Å². The quantitative estimate of drug-likeness (QED) is 0.782. The Balaban J connectivity index is 1.66. The van der Waals surface area contributed by atoms with E-state index in [9.17, 15) is 0 Å². The van der Waals surface area contributed by atoms with E-state index in [0.717, 1.165) is 17.6 Å². The van der Waals surface area contributed by atoms with E-state index in [-0.39, 0.29) is 6.04 Å². The average Bonchev–Trinajstić information content (AvgIpc) is 3.00. The van der Waals surface area contributed by atoms with Crippen LogP contribution in [-0.4, -0.2) is 17.1 Å². The van der Waals surface area contributed by atoms with Crippen LogP contribution in [0.5, 0.6) is 5.88 Å². The van der Waals surface area contributed by atoms with Crippen LogP contribution in [0, 0.1) is 0 Å². The highest BCUT2D eigenvalue weighted by Gasteiger charge is 2.07. The van der Waals surface area contributed by atoms with Crippen LogP contribution in [0.3, 0.4) is 0 Å². The maximum absolute atomic E-state index is 5.06. The topological polar surface area (TPSA) is 47.0 Å². The van der Waals surface area contributed by atoms with Gasteiger partial charge in [-0.3, -0.25) is 4.98 Å². The molecule has 0 spiro atoms. The molecule has 21 heavy (non-hydrogen) atoms. The number of nitrogens with one attached hydrogen (secondary N) is 1. The zero-order valence-corrected chi connectivity index (χ0v) is 12.9. The lowest BCUT2D eigenvalue weighted by molar-refractivity contribution is 0.397. The minimum Gasteiger partial charge on any atom is -0.481 e. The SMILES string of the molecule is COc1ccc(CNC(C)c2cnc3ccsc3c2)cn1. The lowest BCUT2D eigenvalue weighted by atomic mass is 10.1. The highest BCUT2D eigenvalue weighted by atomic mass is 32.1. The van der Waals surface area contributed by atoms with Crippen molar-refractivity contribution in [3.63, 3.8) is 0 Å². The molecule has 0 amide bonds. The smallest absolute Gasteiger partial charge is 0.212 e. The van der Waals surface area contributed by atoms with Gasteiger partial charge >= 0.3 is 0 Å². The fourth-order valence-electron chi connectivity index (χ4n) is 2.12. The summed E-state index contributed by atoms with van der Waals surface area (Å²) in [5, 5.41) is 5.57. The summed E-state index contributed by atoms with van der Waals surface area (Å²) in [7, 11) is 1.62. The Bertz CT molecular complexity index is 724. The zero-order valence-electron chi connectivity index (χ0n) is 12.0. The highest BCUT2D eigenvalue weighted by molar-refractivity contribution is 7.17. The maximum atomic E-state index is 5.06. The molecule has 1 unspecified atom stereocenters. The highest BCUT2D eigenvalue weighted by Crippen LogP contribution is 2.22. The van der Waals surface area contributed by atoms with Gasteiger partial charge in [0.05, 0.1) is 17.3 Å². The molecule has 1 N–H and O–H groups in total. The van der Waals surface area contributed by atoms with E-state index in [0.29, 0.717) is 5.88 Å². The summed E-state index contributed by atoms with van der Waals surface area (Å²) in [6.45, 7) is 2.91. The number of hydrogen-bond acceptors (Lipinski definition) is 5. The summed E-state index contributed by atoms with van der Waals surface area (Å²) in [6.07, 6.45) is 3.78. The minimum absolute atomic E-state index is 0.242. The summed E-state index contributed by atoms with van der Waals surface area (Å²) in [5.74, 6) is 0.638. The van der Waals surface area contributed by atoms with Gasteiger partial charge in [0, 0.05) is 31.0 Å². The van der Waals surface area contributed by atoms with Crippen LogP contribution in [0.1, 0.15) is 24.1 Å². The van der Waals surface area contributed by atoms with Crippen molar-refractivity contribution in [1.29, 1.82) is 0 Å². The van der Waals surface area contributed by atoms with Crippen LogP contribution in [0.4, 0.5) is 0 Å². The Morgan fingerprint density at radius 2 is 2.14 bits per heavy atom. The lowest BCUT2D eigenvalue weighted by Crippen LogP contribution is -2.18. The first-order valence-corrected chi connectivity index (χ1v) is 7.69. The van der Waals surface area contributed by atoms with E-state index in [2.05, 4.69) is 33.7 Å². The molecule has 4 nitrogen and oxygen atoms in total. The fourth-order valence-corrected chi connectivity index (χ4v) is 2.91. The van der Waals surface area contributed by atoms with Crippen LogP contribution in [-0.2, 0) is 6.54 Å². The van der Waals surface area contributed by atoms with Gasteiger partial charge in [-0.15, -0.1) is 11.3 Å². The van der Waals surface area contributed by atoms with E-state index in [1.165, 1.54) is 10.3 Å². The van der Waals surface area contributed by atoms with Crippen molar-refractivity contribution in [1.82, 2.24) is 15.3 Å². The number of fused-ring (bicyclic) bond motifs is 1. The number of ether oxygens (including phenoxy) is 1. The molecule has 0 aliphatic heterocycles. The molecule has 0 saturated carbocycles. The van der Waals surface area contributed by atoms with Gasteiger partial charge in [0.1, 0.15) is 0 Å². The largest absolute Gasteiger partial charge is 0.481 e. The van der Waals surface area contributed by atoms with Gasteiger partial charge in [0.2, 0.25) is 5.88 Å². The van der Waals surface area contributed by atoms with E-state index in [4.69, 9.17) is 4.74 Å². The number of rotatable bonds is 5. The van der Waals surface area contributed by atoms with Gasteiger partial charge in [0.15, 0.2) is 0 Å². The molecule has 0 bridgehead atoms. The number of aromatic nitrogens is 2. The Morgan fingerprint density at radius 1 is 1.24 bits per heavy atom. The Morgan fingerprint density at radius 3 is 2.90 bits per heavy atom. The molecule has 0 aromatic carbocycles. The summed E-state index contributed by atoms with van der Waals surface area (Å²) in [6, 6.07) is 8.39. The van der Waals surface area contributed by atoms with Gasteiger partial charge in [-0.1, -0.05) is 6.07 Å². The van der Waals surface area contributed by atoms with Crippen LogP contribution >= 0.6 is 11.3 Å². The number of methoxy groups -OCH3 is 1. The molecule has 3 heterocycles.